The van der Waals surface area contributed by atoms with Crippen molar-refractivity contribution in [1.82, 2.24) is 4.98 Å². The number of para-hydroxylation sites is 2. The minimum Gasteiger partial charge on any atom is -0.319 e. The summed E-state index contributed by atoms with van der Waals surface area (Å²) < 4.78 is 0. The van der Waals surface area contributed by atoms with Crippen LogP contribution in [0.3, 0.4) is 0 Å². The van der Waals surface area contributed by atoms with Gasteiger partial charge in [0.25, 0.3) is 0 Å². The van der Waals surface area contributed by atoms with Gasteiger partial charge < -0.3 is 9.80 Å². The predicted molar refractivity (Wildman–Crippen MR) is 129 cm³/mol. The summed E-state index contributed by atoms with van der Waals surface area (Å²) in [6.07, 6.45) is 1.08. The lowest BCUT2D eigenvalue weighted by Crippen LogP contribution is -2.35. The summed E-state index contributed by atoms with van der Waals surface area (Å²) in [5.41, 5.74) is 12.5. The van der Waals surface area contributed by atoms with E-state index in [1.807, 2.05) is 0 Å². The number of pyridine rings is 1. The highest BCUT2D eigenvalue weighted by molar-refractivity contribution is 5.94. The Morgan fingerprint density at radius 1 is 0.742 bits per heavy atom. The molecule has 2 heterocycles. The third-order valence-corrected chi connectivity index (χ3v) is 6.64. The molecule has 0 bridgehead atoms. The number of hydrogen-bond donors (Lipinski definition) is 0. The molecule has 3 heteroatoms. The average Bonchev–Trinajstić information content (AvgIpc) is 3.26. The Kier molecular flexibility index (Phi) is 3.94. The summed E-state index contributed by atoms with van der Waals surface area (Å²) >= 11 is 0. The fourth-order valence-corrected chi connectivity index (χ4v) is 5.20. The van der Waals surface area contributed by atoms with E-state index in [0.717, 1.165) is 12.1 Å². The van der Waals surface area contributed by atoms with E-state index in [9.17, 15) is 0 Å². The summed E-state index contributed by atoms with van der Waals surface area (Å²) in [5.74, 6) is 0. The number of nitrogens with zero attached hydrogens (tertiary/aromatic N) is 3. The van der Waals surface area contributed by atoms with Crippen LogP contribution < -0.4 is 9.80 Å². The van der Waals surface area contributed by atoms with Crippen molar-refractivity contribution in [2.45, 2.75) is 33.4 Å². The first-order valence-electron chi connectivity index (χ1n) is 10.9. The first-order chi connectivity index (χ1) is 15.1. The topological polar surface area (TPSA) is 19.4 Å². The van der Waals surface area contributed by atoms with Gasteiger partial charge in [-0.05, 0) is 73.9 Å². The SMILES string of the molecule is Cc1ccc2c(n1)Cc1cc3c(cc1-2)N(c1ccccc1C)[C@@H](C)N3c1ccccc1. The molecule has 1 aliphatic heterocycles. The minimum atomic E-state index is 0.177. The zero-order chi connectivity index (χ0) is 21.1. The van der Waals surface area contributed by atoms with Crippen molar-refractivity contribution in [3.05, 3.63) is 101 Å². The predicted octanol–water partition coefficient (Wildman–Crippen LogP) is 6.91. The van der Waals surface area contributed by atoms with Crippen molar-refractivity contribution in [2.24, 2.45) is 0 Å². The molecule has 3 nitrogen and oxygen atoms in total. The summed E-state index contributed by atoms with van der Waals surface area (Å²) in [6.45, 7) is 6.56. The summed E-state index contributed by atoms with van der Waals surface area (Å²) in [5, 5.41) is 0. The first-order valence-corrected chi connectivity index (χ1v) is 10.9. The van der Waals surface area contributed by atoms with Crippen LogP contribution in [-0.4, -0.2) is 11.1 Å². The van der Waals surface area contributed by atoms with Crippen molar-refractivity contribution in [3.63, 3.8) is 0 Å². The standard InChI is InChI=1S/C28H25N3/c1-18-9-7-8-12-26(18)31-20(3)30(22-10-5-4-6-11-22)27-16-21-15-25-23(14-13-19(2)29-25)24(21)17-28(27)31/h4-14,16-17,20H,15H2,1-3H3/t20-/m0/s1. The van der Waals surface area contributed by atoms with E-state index in [0.29, 0.717) is 0 Å². The van der Waals surface area contributed by atoms with Crippen LogP contribution in [-0.2, 0) is 6.42 Å². The van der Waals surface area contributed by atoms with Crippen molar-refractivity contribution in [1.29, 1.82) is 0 Å². The van der Waals surface area contributed by atoms with E-state index in [1.165, 1.54) is 50.7 Å². The monoisotopic (exact) mass is 403 g/mol. The number of benzene rings is 3. The van der Waals surface area contributed by atoms with Crippen molar-refractivity contribution < 1.29 is 0 Å². The second kappa shape index (κ2) is 6.71. The molecule has 6 rings (SSSR count). The summed E-state index contributed by atoms with van der Waals surface area (Å²) in [4.78, 5) is 9.77. The number of aryl methyl sites for hydroxylation is 2. The number of rotatable bonds is 2. The van der Waals surface area contributed by atoms with Crippen LogP contribution in [0.15, 0.2) is 78.9 Å². The van der Waals surface area contributed by atoms with Crippen molar-refractivity contribution >= 4 is 22.7 Å². The quantitative estimate of drug-likeness (QED) is 0.319. The molecule has 1 atom stereocenters. The second-order valence-corrected chi connectivity index (χ2v) is 8.62. The lowest BCUT2D eigenvalue weighted by molar-refractivity contribution is 0.759. The molecule has 31 heavy (non-hydrogen) atoms. The molecule has 1 aliphatic carbocycles. The normalized spacial score (nSPS) is 16.3. The third-order valence-electron chi connectivity index (χ3n) is 6.64. The Labute approximate surface area is 183 Å². The van der Waals surface area contributed by atoms with Gasteiger partial charge in [0.05, 0.1) is 17.1 Å². The molecule has 0 spiro atoms. The number of aromatic nitrogens is 1. The smallest absolute Gasteiger partial charge is 0.108 e. The van der Waals surface area contributed by atoms with Crippen LogP contribution >= 0.6 is 0 Å². The average molecular weight is 404 g/mol. The number of anilines is 4. The van der Waals surface area contributed by atoms with Crippen LogP contribution in [0.5, 0.6) is 0 Å². The molecule has 0 radical (unpaired) electrons. The number of fused-ring (bicyclic) bond motifs is 4. The van der Waals surface area contributed by atoms with E-state index in [1.54, 1.807) is 0 Å². The van der Waals surface area contributed by atoms with Gasteiger partial charge >= 0.3 is 0 Å². The summed E-state index contributed by atoms with van der Waals surface area (Å²) in [7, 11) is 0. The van der Waals surface area contributed by atoms with Gasteiger partial charge in [-0.25, -0.2) is 0 Å². The molecule has 3 aromatic carbocycles. The van der Waals surface area contributed by atoms with Gasteiger partial charge in [-0.1, -0.05) is 42.5 Å². The van der Waals surface area contributed by atoms with Gasteiger partial charge in [-0.15, -0.1) is 0 Å². The van der Waals surface area contributed by atoms with Gasteiger partial charge in [-0.3, -0.25) is 4.98 Å². The van der Waals surface area contributed by atoms with Gasteiger partial charge in [-0.2, -0.15) is 0 Å². The minimum absolute atomic E-state index is 0.177. The molecule has 0 saturated heterocycles. The molecule has 0 N–H and O–H groups in total. The Hall–Kier alpha value is -3.59. The van der Waals surface area contributed by atoms with E-state index < -0.39 is 0 Å². The molecule has 0 unspecified atom stereocenters. The highest BCUT2D eigenvalue weighted by Gasteiger charge is 2.37. The lowest BCUT2D eigenvalue weighted by Gasteiger charge is -2.31. The van der Waals surface area contributed by atoms with Gasteiger partial charge in [0.1, 0.15) is 6.17 Å². The molecule has 0 amide bonds. The first kappa shape index (κ1) is 18.2. The third kappa shape index (κ3) is 2.70. The van der Waals surface area contributed by atoms with E-state index in [4.69, 9.17) is 4.98 Å². The van der Waals surface area contributed by atoms with Crippen molar-refractivity contribution in [3.8, 4) is 11.1 Å². The molecule has 0 saturated carbocycles. The highest BCUT2D eigenvalue weighted by Crippen LogP contribution is 2.52. The van der Waals surface area contributed by atoms with Gasteiger partial charge in [0.2, 0.25) is 0 Å². The summed E-state index contributed by atoms with van der Waals surface area (Å²) in [6, 6.07) is 28.5. The lowest BCUT2D eigenvalue weighted by atomic mass is 10.0. The maximum atomic E-state index is 4.83. The molecule has 2 aliphatic rings. The molecule has 152 valence electrons. The highest BCUT2D eigenvalue weighted by atomic mass is 15.4. The Morgan fingerprint density at radius 2 is 1.48 bits per heavy atom. The fraction of sp³-hybridized carbons (Fsp3) is 0.179. The molecular weight excluding hydrogens is 378 g/mol. The van der Waals surface area contributed by atoms with Crippen LogP contribution in [0.2, 0.25) is 0 Å². The molecular formula is C28H25N3. The molecule has 4 aromatic rings. The largest absolute Gasteiger partial charge is 0.319 e. The fourth-order valence-electron chi connectivity index (χ4n) is 5.20. The maximum absolute atomic E-state index is 4.83. The van der Waals surface area contributed by atoms with E-state index in [2.05, 4.69) is 109 Å². The van der Waals surface area contributed by atoms with Crippen molar-refractivity contribution in [2.75, 3.05) is 9.80 Å². The van der Waals surface area contributed by atoms with E-state index in [-0.39, 0.29) is 6.17 Å². The zero-order valence-electron chi connectivity index (χ0n) is 18.1. The molecule has 0 fully saturated rings. The Balaban J connectivity index is 1.59. The van der Waals surface area contributed by atoms with Gasteiger partial charge in [0.15, 0.2) is 0 Å². The van der Waals surface area contributed by atoms with Gasteiger partial charge in [0, 0.05) is 29.1 Å². The zero-order valence-corrected chi connectivity index (χ0v) is 18.1. The van der Waals surface area contributed by atoms with Crippen LogP contribution in [0.4, 0.5) is 22.7 Å². The van der Waals surface area contributed by atoms with E-state index >= 15 is 0 Å². The Bertz CT molecular complexity index is 1310. The maximum Gasteiger partial charge on any atom is 0.108 e. The second-order valence-electron chi connectivity index (χ2n) is 8.62. The van der Waals surface area contributed by atoms with Crippen LogP contribution in [0.25, 0.3) is 11.1 Å². The Morgan fingerprint density at radius 3 is 2.29 bits per heavy atom. The number of hydrogen-bond acceptors (Lipinski definition) is 3. The van der Waals surface area contributed by atoms with Crippen LogP contribution in [0, 0.1) is 13.8 Å². The molecule has 1 aromatic heterocycles. The van der Waals surface area contributed by atoms with Crippen LogP contribution in [0.1, 0.15) is 29.4 Å².